The second-order valence-electron chi connectivity index (χ2n) is 4.36. The summed E-state index contributed by atoms with van der Waals surface area (Å²) in [6.07, 6.45) is 0. The number of carbonyl (C=O) groups is 2. The van der Waals surface area contributed by atoms with E-state index in [2.05, 4.69) is 20.8 Å². The number of urea groups is 1. The molecule has 2 rings (SSSR count). The van der Waals surface area contributed by atoms with Crippen molar-refractivity contribution in [2.45, 2.75) is 12.1 Å². The van der Waals surface area contributed by atoms with E-state index >= 15 is 0 Å². The van der Waals surface area contributed by atoms with Gasteiger partial charge in [-0.25, -0.2) is 9.18 Å². The minimum absolute atomic E-state index is 0.00331. The van der Waals surface area contributed by atoms with Crippen LogP contribution in [0.15, 0.2) is 29.4 Å². The molecule has 0 aliphatic carbocycles. The van der Waals surface area contributed by atoms with E-state index < -0.39 is 17.8 Å². The van der Waals surface area contributed by atoms with Crippen LogP contribution in [0.25, 0.3) is 0 Å². The first-order valence-corrected chi connectivity index (χ1v) is 7.30. The van der Waals surface area contributed by atoms with Crippen molar-refractivity contribution < 1.29 is 14.0 Å². The van der Waals surface area contributed by atoms with Gasteiger partial charge in [0.05, 0.1) is 11.4 Å². The molecule has 116 valence electrons. The Morgan fingerprint density at radius 1 is 1.32 bits per heavy atom. The first kappa shape index (κ1) is 16.0. The average Bonchev–Trinajstić information content (AvgIpc) is 2.79. The minimum atomic E-state index is -0.787. The zero-order valence-electron chi connectivity index (χ0n) is 12.0. The van der Waals surface area contributed by atoms with Crippen LogP contribution in [0.2, 0.25) is 0 Å². The molecule has 0 spiro atoms. The van der Waals surface area contributed by atoms with Crippen molar-refractivity contribution in [1.29, 1.82) is 0 Å². The van der Waals surface area contributed by atoms with Crippen LogP contribution in [-0.2, 0) is 11.8 Å². The normalized spacial score (nSPS) is 10.3. The Labute approximate surface area is 130 Å². The number of aryl methyl sites for hydroxylation is 1. The predicted octanol–water partition coefficient (Wildman–Crippen LogP) is 1.70. The van der Waals surface area contributed by atoms with Crippen molar-refractivity contribution in [2.75, 3.05) is 11.1 Å². The van der Waals surface area contributed by atoms with Gasteiger partial charge in [-0.1, -0.05) is 23.9 Å². The van der Waals surface area contributed by atoms with Crippen molar-refractivity contribution in [3.63, 3.8) is 0 Å². The van der Waals surface area contributed by atoms with Gasteiger partial charge in [0.2, 0.25) is 5.91 Å². The van der Waals surface area contributed by atoms with Crippen LogP contribution in [0.4, 0.5) is 14.9 Å². The van der Waals surface area contributed by atoms with E-state index in [1.165, 1.54) is 18.2 Å². The summed E-state index contributed by atoms with van der Waals surface area (Å²) < 4.78 is 15.1. The molecule has 2 N–H and O–H groups in total. The number of benzene rings is 1. The maximum Gasteiger partial charge on any atom is 0.325 e. The third kappa shape index (κ3) is 4.04. The van der Waals surface area contributed by atoms with Gasteiger partial charge in [-0.15, -0.1) is 10.2 Å². The van der Waals surface area contributed by atoms with Gasteiger partial charge in [0.25, 0.3) is 0 Å². The van der Waals surface area contributed by atoms with E-state index in [1.54, 1.807) is 24.6 Å². The van der Waals surface area contributed by atoms with Crippen LogP contribution in [-0.4, -0.2) is 32.5 Å². The summed E-state index contributed by atoms with van der Waals surface area (Å²) in [5.74, 6) is -0.370. The molecule has 0 fully saturated rings. The van der Waals surface area contributed by atoms with Crippen LogP contribution >= 0.6 is 11.8 Å². The van der Waals surface area contributed by atoms with Gasteiger partial charge in [0.1, 0.15) is 11.6 Å². The number of nitrogens with one attached hydrogen (secondary N) is 2. The Morgan fingerprint density at radius 3 is 2.68 bits per heavy atom. The maximum atomic E-state index is 13.4. The first-order valence-electron chi connectivity index (χ1n) is 6.31. The number of nitrogens with zero attached hydrogens (tertiary/aromatic N) is 3. The number of hydrogen-bond donors (Lipinski definition) is 2. The fourth-order valence-electron chi connectivity index (χ4n) is 1.52. The van der Waals surface area contributed by atoms with E-state index in [0.717, 1.165) is 17.6 Å². The Hall–Kier alpha value is -2.42. The van der Waals surface area contributed by atoms with Gasteiger partial charge in [-0.05, 0) is 19.1 Å². The van der Waals surface area contributed by atoms with Crippen molar-refractivity contribution >= 4 is 29.4 Å². The van der Waals surface area contributed by atoms with Gasteiger partial charge >= 0.3 is 6.03 Å². The molecule has 3 amide bonds. The molecule has 0 aliphatic rings. The Kier molecular flexibility index (Phi) is 5.10. The molecule has 0 atom stereocenters. The maximum absolute atomic E-state index is 13.4. The topological polar surface area (TPSA) is 88.9 Å². The number of rotatable bonds is 4. The number of thioether (sulfide) groups is 1. The lowest BCUT2D eigenvalue weighted by molar-refractivity contribution is -0.117. The lowest BCUT2D eigenvalue weighted by atomic mass is 10.3. The molecule has 7 nitrogen and oxygen atoms in total. The van der Waals surface area contributed by atoms with Crippen LogP contribution in [0.1, 0.15) is 5.82 Å². The highest BCUT2D eigenvalue weighted by molar-refractivity contribution is 7.99. The van der Waals surface area contributed by atoms with Crippen LogP contribution in [0, 0.1) is 12.7 Å². The van der Waals surface area contributed by atoms with Crippen LogP contribution < -0.4 is 10.6 Å². The number of para-hydroxylation sites is 1. The van der Waals surface area contributed by atoms with E-state index in [9.17, 15) is 14.0 Å². The minimum Gasteiger partial charge on any atom is -0.309 e. The molecule has 1 aromatic carbocycles. The zero-order valence-corrected chi connectivity index (χ0v) is 12.8. The molecule has 1 heterocycles. The molecule has 1 aromatic heterocycles. The van der Waals surface area contributed by atoms with Crippen LogP contribution in [0.5, 0.6) is 0 Å². The molecule has 0 aliphatic heterocycles. The highest BCUT2D eigenvalue weighted by Gasteiger charge is 2.12. The summed E-state index contributed by atoms with van der Waals surface area (Å²) in [5.41, 5.74) is 0.00405. The molecule has 2 aromatic rings. The van der Waals surface area contributed by atoms with E-state index in [4.69, 9.17) is 0 Å². The monoisotopic (exact) mass is 323 g/mol. The summed E-state index contributed by atoms with van der Waals surface area (Å²) in [6.45, 7) is 1.79. The third-order valence-corrected chi connectivity index (χ3v) is 3.78. The van der Waals surface area contributed by atoms with Crippen molar-refractivity contribution in [3.05, 3.63) is 35.9 Å². The second-order valence-corrected chi connectivity index (χ2v) is 5.30. The van der Waals surface area contributed by atoms with Gasteiger partial charge in [-0.3, -0.25) is 10.1 Å². The van der Waals surface area contributed by atoms with E-state index in [0.29, 0.717) is 5.16 Å². The highest BCUT2D eigenvalue weighted by Crippen LogP contribution is 2.15. The molecule has 22 heavy (non-hydrogen) atoms. The molecule has 0 saturated carbocycles. The fraction of sp³-hybridized carbons (Fsp3) is 0.231. The van der Waals surface area contributed by atoms with Gasteiger partial charge in [0.15, 0.2) is 5.16 Å². The summed E-state index contributed by atoms with van der Waals surface area (Å²) in [4.78, 5) is 23.3. The number of halogens is 1. The number of imide groups is 1. The number of carbonyl (C=O) groups excluding carboxylic acids is 2. The molecular formula is C13H14FN5O2S. The largest absolute Gasteiger partial charge is 0.325 e. The molecule has 0 bridgehead atoms. The van der Waals surface area contributed by atoms with Gasteiger partial charge < -0.3 is 9.88 Å². The summed E-state index contributed by atoms with van der Waals surface area (Å²) >= 11 is 1.15. The molecular weight excluding hydrogens is 309 g/mol. The first-order chi connectivity index (χ1) is 10.5. The van der Waals surface area contributed by atoms with Crippen LogP contribution in [0.3, 0.4) is 0 Å². The number of amides is 3. The fourth-order valence-corrected chi connectivity index (χ4v) is 2.28. The van der Waals surface area contributed by atoms with Crippen molar-refractivity contribution in [1.82, 2.24) is 20.1 Å². The molecule has 9 heteroatoms. The Morgan fingerprint density at radius 2 is 2.05 bits per heavy atom. The third-order valence-electron chi connectivity index (χ3n) is 2.76. The Bertz CT molecular complexity index is 703. The van der Waals surface area contributed by atoms with E-state index in [-0.39, 0.29) is 11.4 Å². The summed E-state index contributed by atoms with van der Waals surface area (Å²) in [5, 5.41) is 12.7. The predicted molar refractivity (Wildman–Crippen MR) is 80.0 cm³/mol. The SMILES string of the molecule is Cc1nnc(SCC(=O)NC(=O)Nc2ccccc2F)n1C. The van der Waals surface area contributed by atoms with Crippen molar-refractivity contribution in [2.24, 2.45) is 7.05 Å². The quantitative estimate of drug-likeness (QED) is 0.836. The molecule has 0 radical (unpaired) electrons. The molecule has 0 unspecified atom stereocenters. The number of anilines is 1. The van der Waals surface area contributed by atoms with Gasteiger partial charge in [-0.2, -0.15) is 0 Å². The smallest absolute Gasteiger partial charge is 0.309 e. The standard InChI is InChI=1S/C13H14FN5O2S/c1-8-17-18-13(19(8)2)22-7-11(20)16-12(21)15-10-6-4-3-5-9(10)14/h3-6H,7H2,1-2H3,(H2,15,16,20,21). The highest BCUT2D eigenvalue weighted by atomic mass is 32.2. The summed E-state index contributed by atoms with van der Waals surface area (Å²) in [6, 6.07) is 4.90. The lowest BCUT2D eigenvalue weighted by Gasteiger charge is -2.07. The van der Waals surface area contributed by atoms with Crippen molar-refractivity contribution in [3.8, 4) is 0 Å². The van der Waals surface area contributed by atoms with Gasteiger partial charge in [0, 0.05) is 7.05 Å². The summed E-state index contributed by atoms with van der Waals surface area (Å²) in [7, 11) is 1.78. The number of aromatic nitrogens is 3. The lowest BCUT2D eigenvalue weighted by Crippen LogP contribution is -2.35. The zero-order chi connectivity index (χ0) is 16.1. The average molecular weight is 323 g/mol. The number of hydrogen-bond acceptors (Lipinski definition) is 5. The van der Waals surface area contributed by atoms with E-state index in [1.807, 2.05) is 0 Å². The second kappa shape index (κ2) is 7.03. The molecule has 0 saturated heterocycles. The Balaban J connectivity index is 1.83.